The molecule has 1 N–H and O–H groups in total. The highest BCUT2D eigenvalue weighted by Crippen LogP contribution is 2.09. The summed E-state index contributed by atoms with van der Waals surface area (Å²) in [5, 5.41) is 9.90. The maximum absolute atomic E-state index is 9.90. The van der Waals surface area contributed by atoms with E-state index in [0.29, 0.717) is 32.5 Å². The fraction of sp³-hybridized carbons (Fsp3) is 1.00. The first-order valence-corrected chi connectivity index (χ1v) is 6.85. The van der Waals surface area contributed by atoms with E-state index >= 15 is 0 Å². The Hall–Kier alpha value is -0.200. The van der Waals surface area contributed by atoms with Crippen LogP contribution in [0.3, 0.4) is 0 Å². The fourth-order valence-electron chi connectivity index (χ4n) is 2.10. The molecule has 0 amide bonds. The summed E-state index contributed by atoms with van der Waals surface area (Å²) >= 11 is 0. The zero-order valence-electron chi connectivity index (χ0n) is 11.6. The minimum atomic E-state index is -0.433. The van der Waals surface area contributed by atoms with E-state index in [2.05, 4.69) is 11.8 Å². The van der Waals surface area contributed by atoms with Gasteiger partial charge in [-0.3, -0.25) is 4.90 Å². The number of aliphatic hydroxyl groups is 1. The molecule has 0 bridgehead atoms. The smallest absolute Gasteiger partial charge is 0.0900 e. The third-order valence-electron chi connectivity index (χ3n) is 3.10. The molecular weight excluding hydrogens is 234 g/mol. The van der Waals surface area contributed by atoms with Crippen molar-refractivity contribution < 1.29 is 19.3 Å². The molecule has 0 aromatic heterocycles. The van der Waals surface area contributed by atoms with Gasteiger partial charge in [0, 0.05) is 33.4 Å². The van der Waals surface area contributed by atoms with E-state index < -0.39 is 6.10 Å². The van der Waals surface area contributed by atoms with Crippen LogP contribution in [-0.2, 0) is 14.2 Å². The standard InChI is InChI=1S/C13H27NO4/c1-3-13-10-14(5-4-6-18-13)9-12(15)11-17-8-7-16-2/h12-13,15H,3-11H2,1-2H3. The lowest BCUT2D eigenvalue weighted by Gasteiger charge is -2.25. The largest absolute Gasteiger partial charge is 0.389 e. The highest BCUT2D eigenvalue weighted by Gasteiger charge is 2.19. The van der Waals surface area contributed by atoms with Crippen LogP contribution in [0.15, 0.2) is 0 Å². The normalized spacial score (nSPS) is 23.8. The maximum Gasteiger partial charge on any atom is 0.0900 e. The van der Waals surface area contributed by atoms with Crippen molar-refractivity contribution in [2.45, 2.75) is 32.0 Å². The van der Waals surface area contributed by atoms with Crippen molar-refractivity contribution in [3.05, 3.63) is 0 Å². The number of ether oxygens (including phenoxy) is 3. The number of rotatable bonds is 8. The van der Waals surface area contributed by atoms with Crippen LogP contribution in [0.1, 0.15) is 19.8 Å². The van der Waals surface area contributed by atoms with E-state index in [1.165, 1.54) is 0 Å². The Kier molecular flexibility index (Phi) is 8.54. The Morgan fingerprint density at radius 2 is 2.28 bits per heavy atom. The van der Waals surface area contributed by atoms with Crippen LogP contribution in [0.2, 0.25) is 0 Å². The van der Waals surface area contributed by atoms with Crippen molar-refractivity contribution >= 4 is 0 Å². The van der Waals surface area contributed by atoms with E-state index in [1.807, 2.05) is 0 Å². The summed E-state index contributed by atoms with van der Waals surface area (Å²) in [5.41, 5.74) is 0. The van der Waals surface area contributed by atoms with Gasteiger partial charge in [0.1, 0.15) is 0 Å². The summed E-state index contributed by atoms with van der Waals surface area (Å²) < 4.78 is 15.9. The fourth-order valence-corrected chi connectivity index (χ4v) is 2.10. The first kappa shape index (κ1) is 15.9. The Morgan fingerprint density at radius 1 is 1.44 bits per heavy atom. The van der Waals surface area contributed by atoms with Gasteiger partial charge in [-0.15, -0.1) is 0 Å². The molecule has 18 heavy (non-hydrogen) atoms. The number of hydrogen-bond donors (Lipinski definition) is 1. The molecule has 1 rings (SSSR count). The van der Waals surface area contributed by atoms with Crippen LogP contribution < -0.4 is 0 Å². The Labute approximate surface area is 110 Å². The highest BCUT2D eigenvalue weighted by atomic mass is 16.5. The van der Waals surface area contributed by atoms with E-state index in [0.717, 1.165) is 32.5 Å². The Morgan fingerprint density at radius 3 is 3.00 bits per heavy atom. The SMILES string of the molecule is CCC1CN(CC(O)COCCOC)CCCO1. The van der Waals surface area contributed by atoms with Gasteiger partial charge in [-0.05, 0) is 12.8 Å². The van der Waals surface area contributed by atoms with Crippen molar-refractivity contribution in [2.75, 3.05) is 53.2 Å². The van der Waals surface area contributed by atoms with Crippen molar-refractivity contribution in [3.8, 4) is 0 Å². The number of nitrogens with zero attached hydrogens (tertiary/aromatic N) is 1. The molecule has 5 nitrogen and oxygen atoms in total. The van der Waals surface area contributed by atoms with Gasteiger partial charge in [-0.1, -0.05) is 6.92 Å². The molecule has 2 atom stereocenters. The second kappa shape index (κ2) is 9.69. The van der Waals surface area contributed by atoms with Crippen molar-refractivity contribution in [2.24, 2.45) is 0 Å². The molecule has 5 heteroatoms. The third-order valence-corrected chi connectivity index (χ3v) is 3.10. The van der Waals surface area contributed by atoms with Crippen LogP contribution in [0.4, 0.5) is 0 Å². The zero-order valence-corrected chi connectivity index (χ0v) is 11.6. The number of hydrogen-bond acceptors (Lipinski definition) is 5. The van der Waals surface area contributed by atoms with Crippen LogP contribution in [0, 0.1) is 0 Å². The predicted octanol–water partition coefficient (Wildman–Crippen LogP) is 0.511. The minimum Gasteiger partial charge on any atom is -0.389 e. The van der Waals surface area contributed by atoms with Gasteiger partial charge in [0.15, 0.2) is 0 Å². The van der Waals surface area contributed by atoms with E-state index in [-0.39, 0.29) is 0 Å². The number of aliphatic hydroxyl groups excluding tert-OH is 1. The van der Waals surface area contributed by atoms with Gasteiger partial charge in [0.05, 0.1) is 32.0 Å². The van der Waals surface area contributed by atoms with Gasteiger partial charge in [0.25, 0.3) is 0 Å². The molecule has 0 aliphatic carbocycles. The molecule has 0 aromatic carbocycles. The van der Waals surface area contributed by atoms with Crippen molar-refractivity contribution in [1.29, 1.82) is 0 Å². The Balaban J connectivity index is 2.18. The lowest BCUT2D eigenvalue weighted by Crippen LogP contribution is -2.39. The molecule has 1 fully saturated rings. The third kappa shape index (κ3) is 6.66. The van der Waals surface area contributed by atoms with Crippen LogP contribution >= 0.6 is 0 Å². The van der Waals surface area contributed by atoms with E-state index in [9.17, 15) is 5.11 Å². The number of β-amino-alcohol motifs (C(OH)–C–C–N with tert-alkyl or cyclic N) is 1. The summed E-state index contributed by atoms with van der Waals surface area (Å²) in [6.07, 6.45) is 1.93. The topological polar surface area (TPSA) is 51.2 Å². The van der Waals surface area contributed by atoms with Crippen LogP contribution in [0.25, 0.3) is 0 Å². The average Bonchev–Trinajstić information content (AvgIpc) is 2.60. The quantitative estimate of drug-likeness (QED) is 0.645. The first-order chi connectivity index (χ1) is 8.76. The van der Waals surface area contributed by atoms with Gasteiger partial charge in [0.2, 0.25) is 0 Å². The minimum absolute atomic E-state index is 0.300. The maximum atomic E-state index is 9.90. The first-order valence-electron chi connectivity index (χ1n) is 6.85. The van der Waals surface area contributed by atoms with E-state index in [4.69, 9.17) is 14.2 Å². The average molecular weight is 261 g/mol. The van der Waals surface area contributed by atoms with Gasteiger partial charge < -0.3 is 19.3 Å². The highest BCUT2D eigenvalue weighted by molar-refractivity contribution is 4.71. The lowest BCUT2D eigenvalue weighted by atomic mass is 10.2. The van der Waals surface area contributed by atoms with Crippen LogP contribution in [0.5, 0.6) is 0 Å². The van der Waals surface area contributed by atoms with Crippen LogP contribution in [-0.4, -0.2) is 75.4 Å². The lowest BCUT2D eigenvalue weighted by molar-refractivity contribution is -0.00554. The summed E-state index contributed by atoms with van der Waals surface area (Å²) in [6.45, 7) is 7.01. The molecular formula is C13H27NO4. The molecule has 1 saturated heterocycles. The molecule has 0 radical (unpaired) electrons. The second-order valence-electron chi connectivity index (χ2n) is 4.74. The second-order valence-corrected chi connectivity index (χ2v) is 4.74. The zero-order chi connectivity index (χ0) is 13.2. The van der Waals surface area contributed by atoms with Gasteiger partial charge in [-0.2, -0.15) is 0 Å². The molecule has 108 valence electrons. The summed E-state index contributed by atoms with van der Waals surface area (Å²) in [6, 6.07) is 0. The molecule has 1 heterocycles. The Bertz CT molecular complexity index is 203. The summed E-state index contributed by atoms with van der Waals surface area (Å²) in [5.74, 6) is 0. The van der Waals surface area contributed by atoms with Gasteiger partial charge in [-0.25, -0.2) is 0 Å². The number of methoxy groups -OCH3 is 1. The molecule has 1 aliphatic heterocycles. The molecule has 1 aliphatic rings. The predicted molar refractivity (Wildman–Crippen MR) is 69.8 cm³/mol. The van der Waals surface area contributed by atoms with Crippen molar-refractivity contribution in [3.63, 3.8) is 0 Å². The van der Waals surface area contributed by atoms with Crippen molar-refractivity contribution in [1.82, 2.24) is 4.90 Å². The van der Waals surface area contributed by atoms with E-state index in [1.54, 1.807) is 7.11 Å². The summed E-state index contributed by atoms with van der Waals surface area (Å²) in [4.78, 5) is 2.27. The summed E-state index contributed by atoms with van der Waals surface area (Å²) in [7, 11) is 1.64. The molecule has 0 aromatic rings. The molecule has 0 saturated carbocycles. The molecule has 2 unspecified atom stereocenters. The van der Waals surface area contributed by atoms with Gasteiger partial charge >= 0.3 is 0 Å². The molecule has 0 spiro atoms. The monoisotopic (exact) mass is 261 g/mol.